The number of rotatable bonds is 18. The molecule has 24 nitrogen and oxygen atoms in total. The largest absolute Gasteiger partial charge is 0.504 e. The number of carbonyl (C=O) groups excluding carboxylic acids is 3. The minimum Gasteiger partial charge on any atom is -0.504 e. The second kappa shape index (κ2) is 30.1. The van der Waals surface area contributed by atoms with E-state index in [1.807, 2.05) is 80.6 Å². The monoisotopic (exact) mass is 1260 g/mol. The number of hydrazone groups is 3. The van der Waals surface area contributed by atoms with Gasteiger partial charge in [0.15, 0.2) is 34.3 Å². The Morgan fingerprint density at radius 3 is 0.978 bits per heavy atom. The minimum atomic E-state index is -1.07. The number of benzene rings is 6. The second-order valence-electron chi connectivity index (χ2n) is 22.5. The third-order valence-corrected chi connectivity index (χ3v) is 14.5. The normalized spacial score (nSPS) is 11.5. The lowest BCUT2D eigenvalue weighted by atomic mass is 10.0. The molecule has 0 aliphatic carbocycles. The zero-order chi connectivity index (χ0) is 68.1. The lowest BCUT2D eigenvalue weighted by Gasteiger charge is -2.07. The molecule has 0 atom stereocenters. The first-order valence-electron chi connectivity index (χ1n) is 29.1. The van der Waals surface area contributed by atoms with Gasteiger partial charge in [-0.3, -0.25) is 28.4 Å². The first kappa shape index (κ1) is 68.7. The summed E-state index contributed by atoms with van der Waals surface area (Å²) in [6.07, 6.45) is 0.980. The van der Waals surface area contributed by atoms with Gasteiger partial charge < -0.3 is 30.6 Å². The van der Waals surface area contributed by atoms with E-state index >= 15 is 0 Å². The van der Waals surface area contributed by atoms with Crippen LogP contribution < -0.4 is 16.3 Å². The first-order chi connectivity index (χ1) is 44.0. The van der Waals surface area contributed by atoms with E-state index in [1.165, 1.54) is 83.9 Å². The predicted octanol–water partition coefficient (Wildman–Crippen LogP) is 10.9. The van der Waals surface area contributed by atoms with Gasteiger partial charge in [0.2, 0.25) is 0 Å². The van der Waals surface area contributed by atoms with E-state index in [0.29, 0.717) is 46.1 Å². The van der Waals surface area contributed by atoms with E-state index in [0.717, 1.165) is 34.2 Å². The fourth-order valence-corrected chi connectivity index (χ4v) is 9.70. The molecular formula is C69H72N12O12. The molecule has 0 aliphatic heterocycles. The van der Waals surface area contributed by atoms with Crippen LogP contribution in [0.2, 0.25) is 0 Å². The molecule has 9 aromatic rings. The highest BCUT2D eigenvalue weighted by atomic mass is 16.4. The summed E-state index contributed by atoms with van der Waals surface area (Å²) in [5.74, 6) is -3.82. The molecule has 0 radical (unpaired) electrons. The summed E-state index contributed by atoms with van der Waals surface area (Å²) in [7, 11) is 5.19. The number of nitrogens with one attached hydrogen (secondary N) is 3. The van der Waals surface area contributed by atoms with Gasteiger partial charge in [0.05, 0.1) is 33.8 Å². The van der Waals surface area contributed by atoms with E-state index < -0.39 is 35.6 Å². The summed E-state index contributed by atoms with van der Waals surface area (Å²) in [5, 5.41) is 84.2. The number of hydrogen-bond donors (Lipinski definition) is 9. The van der Waals surface area contributed by atoms with E-state index in [4.69, 9.17) is 15.3 Å². The summed E-state index contributed by atoms with van der Waals surface area (Å²) in [6.45, 7) is 17.4. The van der Waals surface area contributed by atoms with Crippen molar-refractivity contribution in [2.24, 2.45) is 42.4 Å². The van der Waals surface area contributed by atoms with Gasteiger partial charge in [0.1, 0.15) is 17.1 Å². The minimum absolute atomic E-state index is 0.0228. The predicted molar refractivity (Wildman–Crippen MR) is 352 cm³/mol. The van der Waals surface area contributed by atoms with Crippen molar-refractivity contribution in [1.82, 2.24) is 45.6 Å². The van der Waals surface area contributed by atoms with Crippen LogP contribution in [0.1, 0.15) is 156 Å². The van der Waals surface area contributed by atoms with Crippen molar-refractivity contribution in [3.8, 4) is 51.0 Å². The van der Waals surface area contributed by atoms with E-state index in [2.05, 4.69) is 74.6 Å². The number of carboxylic acid groups (broad SMARTS) is 3. The van der Waals surface area contributed by atoms with Crippen molar-refractivity contribution in [3.05, 3.63) is 212 Å². The SMILES string of the molecule is C/C(=N\NC(=O)c1ccc(C(=O)O)cc1)c1nn(C)c(-c2cc(C)cc(C)c2)c1O.C/C(=N\NC(=O)c1ccc(C(=O)O)cc1)c1nn(C)c(-c2ccc(C(C)C)cc2)c1O.C/C(=N\NC(=O)c1ccc(C(=O)O)cc1)c1nn(C)c(-c2ccc(CC(C)C)cc2)c1O. The number of carboxylic acids is 3. The molecule has 0 spiro atoms. The number of aromatic hydroxyl groups is 3. The van der Waals surface area contributed by atoms with E-state index in [9.17, 15) is 44.1 Å². The standard InChI is InChI=1S/C24H26N4O4.C23H24N4O4.C22H22N4O4/c1-14(2)13-16-5-7-17(8-6-16)21-22(29)20(27-28(21)4)15(3)25-26-23(30)18-9-11-19(12-10-18)24(31)32;1-13(2)15-5-7-16(8-6-15)20-21(28)19(26-27(20)4)14(3)24-25-22(29)17-9-11-18(12-10-17)23(30)31;1-12-9-13(2)11-17(10-12)19-20(27)18(25-26(19)4)14(3)23-24-21(28)15-5-7-16(8-6-15)22(29)30/h5-12,14,29H,13H2,1-4H3,(H,26,30)(H,31,32);5-13,28H,1-4H3,(H,25,29)(H,30,31);5-11,27H,1-4H3,(H,24,28)(H,29,30)/b25-15+;24-14+;23-14+. The number of aryl methyl sites for hydroxylation is 5. The van der Waals surface area contributed by atoms with Crippen LogP contribution >= 0.6 is 0 Å². The van der Waals surface area contributed by atoms with Crippen LogP contribution in [0, 0.1) is 19.8 Å². The van der Waals surface area contributed by atoms with Crippen molar-refractivity contribution in [2.45, 2.75) is 74.7 Å². The molecule has 3 amide bonds. The molecule has 480 valence electrons. The fourth-order valence-electron chi connectivity index (χ4n) is 9.70. The number of nitrogens with zero attached hydrogens (tertiary/aromatic N) is 9. The Bertz CT molecular complexity index is 4330. The van der Waals surface area contributed by atoms with Crippen molar-refractivity contribution < 1.29 is 59.4 Å². The molecule has 93 heavy (non-hydrogen) atoms. The van der Waals surface area contributed by atoms with Crippen LogP contribution in [0.25, 0.3) is 33.8 Å². The fraction of sp³-hybridized carbons (Fsp3) is 0.217. The molecule has 9 rings (SSSR count). The van der Waals surface area contributed by atoms with Gasteiger partial charge in [0, 0.05) is 54.5 Å². The maximum Gasteiger partial charge on any atom is 0.335 e. The third-order valence-electron chi connectivity index (χ3n) is 14.5. The zero-order valence-electron chi connectivity index (χ0n) is 53.3. The van der Waals surface area contributed by atoms with Gasteiger partial charge >= 0.3 is 17.9 Å². The highest BCUT2D eigenvalue weighted by Crippen LogP contribution is 2.36. The van der Waals surface area contributed by atoms with Crippen LogP contribution in [0.15, 0.2) is 155 Å². The molecule has 0 saturated heterocycles. The number of carbonyl (C=O) groups is 6. The summed E-state index contributed by atoms with van der Waals surface area (Å²) < 4.78 is 4.72. The molecule has 0 fully saturated rings. The van der Waals surface area contributed by atoms with Crippen LogP contribution in [0.4, 0.5) is 0 Å². The van der Waals surface area contributed by atoms with Crippen molar-refractivity contribution >= 4 is 52.8 Å². The average molecular weight is 1260 g/mol. The molecule has 3 heterocycles. The summed E-state index contributed by atoms with van der Waals surface area (Å²) in [5.41, 5.74) is 18.7. The van der Waals surface area contributed by atoms with E-state index in [1.54, 1.807) is 56.0 Å². The highest BCUT2D eigenvalue weighted by molar-refractivity contribution is 6.05. The highest BCUT2D eigenvalue weighted by Gasteiger charge is 2.23. The topological polar surface area (TPSA) is 350 Å². The maximum atomic E-state index is 12.3. The number of aromatic carboxylic acids is 3. The van der Waals surface area contributed by atoms with Gasteiger partial charge in [-0.1, -0.05) is 93.4 Å². The molecule has 9 N–H and O–H groups in total. The van der Waals surface area contributed by atoms with Crippen LogP contribution in [-0.2, 0) is 27.6 Å². The van der Waals surface area contributed by atoms with Gasteiger partial charge in [0.25, 0.3) is 17.7 Å². The molecule has 0 saturated carbocycles. The summed E-state index contributed by atoms with van der Waals surface area (Å²) in [4.78, 5) is 69.6. The number of amides is 3. The van der Waals surface area contributed by atoms with Gasteiger partial charge in [-0.05, 0) is 149 Å². The molecule has 3 aromatic heterocycles. The first-order valence-corrected chi connectivity index (χ1v) is 29.1. The van der Waals surface area contributed by atoms with Gasteiger partial charge in [-0.25, -0.2) is 30.7 Å². The van der Waals surface area contributed by atoms with Gasteiger partial charge in [-0.2, -0.15) is 30.6 Å². The van der Waals surface area contributed by atoms with Crippen LogP contribution in [-0.4, -0.2) is 113 Å². The lowest BCUT2D eigenvalue weighted by molar-refractivity contribution is 0.0686. The summed E-state index contributed by atoms with van der Waals surface area (Å²) in [6, 6.07) is 38.3. The molecule has 0 unspecified atom stereocenters. The Morgan fingerprint density at radius 2 is 0.699 bits per heavy atom. The molecule has 0 bridgehead atoms. The second-order valence-corrected chi connectivity index (χ2v) is 22.5. The Labute approximate surface area is 535 Å². The Kier molecular flexibility index (Phi) is 22.2. The Balaban J connectivity index is 0.000000198. The third kappa shape index (κ3) is 17.1. The molecule has 24 heteroatoms. The van der Waals surface area contributed by atoms with Crippen molar-refractivity contribution in [3.63, 3.8) is 0 Å². The molecule has 0 aliphatic rings. The van der Waals surface area contributed by atoms with Crippen molar-refractivity contribution in [1.29, 1.82) is 0 Å². The number of aromatic nitrogens is 6. The number of hydrogen-bond acceptors (Lipinski definition) is 15. The maximum absolute atomic E-state index is 12.3. The quantitative estimate of drug-likeness (QED) is 0.0285. The van der Waals surface area contributed by atoms with Crippen molar-refractivity contribution in [2.75, 3.05) is 0 Å². The average Bonchev–Trinajstić information content (AvgIpc) is 1.68. The van der Waals surface area contributed by atoms with E-state index in [-0.39, 0.29) is 67.7 Å². The summed E-state index contributed by atoms with van der Waals surface area (Å²) >= 11 is 0. The Hall–Kier alpha value is -11.8. The molecule has 6 aromatic carbocycles. The lowest BCUT2D eigenvalue weighted by Crippen LogP contribution is -2.19. The van der Waals surface area contributed by atoms with Gasteiger partial charge in [-0.15, -0.1) is 0 Å². The molecular weight excluding hydrogens is 1190 g/mol. The zero-order valence-corrected chi connectivity index (χ0v) is 53.3. The van der Waals surface area contributed by atoms with Crippen LogP contribution in [0.3, 0.4) is 0 Å². The van der Waals surface area contributed by atoms with Crippen LogP contribution in [0.5, 0.6) is 17.2 Å². The Morgan fingerprint density at radius 1 is 0.419 bits per heavy atom. The smallest absolute Gasteiger partial charge is 0.335 e.